The zero-order valence-corrected chi connectivity index (χ0v) is 18.3. The van der Waals surface area contributed by atoms with Gasteiger partial charge in [0, 0.05) is 56.6 Å². The Balaban J connectivity index is 0.00000243. The van der Waals surface area contributed by atoms with E-state index in [4.69, 9.17) is 10.3 Å². The minimum atomic E-state index is 0. The number of hydrogen-bond donors (Lipinski definition) is 1. The van der Waals surface area contributed by atoms with E-state index in [9.17, 15) is 0 Å². The van der Waals surface area contributed by atoms with Crippen LogP contribution in [0.15, 0.2) is 21.1 Å². The molecule has 2 N–H and O–H groups in total. The summed E-state index contributed by atoms with van der Waals surface area (Å²) in [7, 11) is 0. The van der Waals surface area contributed by atoms with E-state index in [0.717, 1.165) is 50.0 Å². The summed E-state index contributed by atoms with van der Waals surface area (Å²) in [6.07, 6.45) is 3.42. The Labute approximate surface area is 174 Å². The number of hydrogen-bond acceptors (Lipinski definition) is 7. The molecule has 0 aliphatic carbocycles. The third-order valence-electron chi connectivity index (χ3n) is 4.12. The van der Waals surface area contributed by atoms with E-state index in [2.05, 4.69) is 29.9 Å². The van der Waals surface area contributed by atoms with Gasteiger partial charge in [0.15, 0.2) is 16.9 Å². The van der Waals surface area contributed by atoms with Crippen LogP contribution in [0.1, 0.15) is 37.9 Å². The first-order chi connectivity index (χ1) is 12.1. The number of anilines is 1. The number of aryl methyl sites for hydroxylation is 1. The number of nitrogens with two attached hydrogens (primary N) is 1. The molecule has 0 atom stereocenters. The minimum absolute atomic E-state index is 0. The van der Waals surface area contributed by atoms with Crippen LogP contribution in [0.3, 0.4) is 0 Å². The number of guanidine groups is 1. The van der Waals surface area contributed by atoms with Crippen LogP contribution in [0.4, 0.5) is 5.13 Å². The molecule has 0 radical (unpaired) electrons. The second-order valence-electron chi connectivity index (χ2n) is 6.33. The number of aromatic nitrogens is 3. The van der Waals surface area contributed by atoms with E-state index in [1.54, 1.807) is 11.3 Å². The topological polar surface area (TPSA) is 96.7 Å². The predicted octanol–water partition coefficient (Wildman–Crippen LogP) is 2.34. The highest BCUT2D eigenvalue weighted by atomic mass is 127. The number of rotatable bonds is 6. The Morgan fingerprint density at radius 3 is 2.73 bits per heavy atom. The normalized spacial score (nSPS) is 15.4. The first-order valence-corrected chi connectivity index (χ1v) is 9.53. The monoisotopic (exact) mass is 491 g/mol. The third-order valence-corrected chi connectivity index (χ3v) is 4.95. The van der Waals surface area contributed by atoms with Gasteiger partial charge in [-0.3, -0.25) is 4.99 Å². The fourth-order valence-electron chi connectivity index (χ4n) is 2.63. The second kappa shape index (κ2) is 10.0. The van der Waals surface area contributed by atoms with Crippen LogP contribution in [-0.2, 0) is 6.42 Å². The minimum Gasteiger partial charge on any atom is -0.370 e. The molecule has 1 fully saturated rings. The molecule has 0 bridgehead atoms. The molecule has 1 saturated heterocycles. The quantitative estimate of drug-likeness (QED) is 0.287. The molecule has 10 heteroatoms. The molecule has 1 aliphatic heterocycles. The molecule has 3 heterocycles. The number of thiazole rings is 1. The van der Waals surface area contributed by atoms with E-state index >= 15 is 0 Å². The highest BCUT2D eigenvalue weighted by Crippen LogP contribution is 2.18. The van der Waals surface area contributed by atoms with Gasteiger partial charge in [-0.05, 0) is 6.42 Å². The standard InChI is InChI=1S/C16H25N7OS.HI/c1-12(2)14-20-13(24-21-14)4-3-5-18-15(17)22-7-9-23(10-8-22)16-19-6-11-25-16;/h6,11-12H,3-5,7-10H2,1-2H3,(H2,17,18);1H. The highest BCUT2D eigenvalue weighted by Gasteiger charge is 2.19. The lowest BCUT2D eigenvalue weighted by atomic mass is 10.2. The van der Waals surface area contributed by atoms with Crippen LogP contribution in [0.5, 0.6) is 0 Å². The lowest BCUT2D eigenvalue weighted by Gasteiger charge is -2.35. The maximum Gasteiger partial charge on any atom is 0.226 e. The summed E-state index contributed by atoms with van der Waals surface area (Å²) in [6, 6.07) is 0. The molecular formula is C16H26IN7OS. The fraction of sp³-hybridized carbons (Fsp3) is 0.625. The lowest BCUT2D eigenvalue weighted by Crippen LogP contribution is -2.51. The van der Waals surface area contributed by atoms with Crippen LogP contribution < -0.4 is 10.6 Å². The van der Waals surface area contributed by atoms with Gasteiger partial charge in [-0.15, -0.1) is 35.3 Å². The maximum absolute atomic E-state index is 6.13. The Hall–Kier alpha value is -1.43. The molecule has 144 valence electrons. The molecule has 0 aromatic carbocycles. The number of halogens is 1. The van der Waals surface area contributed by atoms with Gasteiger partial charge in [-0.2, -0.15) is 4.98 Å². The van der Waals surface area contributed by atoms with Crippen molar-refractivity contribution < 1.29 is 4.52 Å². The number of nitrogens with zero attached hydrogens (tertiary/aromatic N) is 6. The molecule has 0 spiro atoms. The van der Waals surface area contributed by atoms with Gasteiger partial charge < -0.3 is 20.1 Å². The smallest absolute Gasteiger partial charge is 0.226 e. The Morgan fingerprint density at radius 2 is 2.12 bits per heavy atom. The van der Waals surface area contributed by atoms with Crippen molar-refractivity contribution in [1.82, 2.24) is 20.0 Å². The van der Waals surface area contributed by atoms with E-state index in [1.807, 2.05) is 25.4 Å². The molecule has 26 heavy (non-hydrogen) atoms. The molecule has 0 amide bonds. The summed E-state index contributed by atoms with van der Waals surface area (Å²) >= 11 is 1.67. The summed E-state index contributed by atoms with van der Waals surface area (Å²) in [4.78, 5) is 17.6. The fourth-order valence-corrected chi connectivity index (χ4v) is 3.32. The van der Waals surface area contributed by atoms with Crippen LogP contribution in [-0.4, -0.2) is 58.7 Å². The summed E-state index contributed by atoms with van der Waals surface area (Å²) in [5.74, 6) is 2.34. The van der Waals surface area contributed by atoms with Crippen molar-refractivity contribution in [2.24, 2.45) is 10.7 Å². The largest absolute Gasteiger partial charge is 0.370 e. The molecule has 2 aromatic heterocycles. The first-order valence-electron chi connectivity index (χ1n) is 8.65. The van der Waals surface area contributed by atoms with Crippen molar-refractivity contribution in [2.45, 2.75) is 32.6 Å². The number of piperazine rings is 1. The van der Waals surface area contributed by atoms with Gasteiger partial charge in [0.25, 0.3) is 0 Å². The van der Waals surface area contributed by atoms with Gasteiger partial charge >= 0.3 is 0 Å². The SMILES string of the molecule is CC(C)c1noc(CCCN=C(N)N2CCN(c3nccs3)CC2)n1.I. The van der Waals surface area contributed by atoms with Crippen LogP contribution >= 0.6 is 35.3 Å². The van der Waals surface area contributed by atoms with Crippen molar-refractivity contribution >= 4 is 46.4 Å². The summed E-state index contributed by atoms with van der Waals surface area (Å²) in [5, 5.41) is 7.05. The first kappa shape index (κ1) is 20.9. The zero-order valence-electron chi connectivity index (χ0n) is 15.2. The van der Waals surface area contributed by atoms with Crippen molar-refractivity contribution in [2.75, 3.05) is 37.6 Å². The molecule has 3 rings (SSSR count). The number of aliphatic imine (C=N–C) groups is 1. The van der Waals surface area contributed by atoms with E-state index in [0.29, 0.717) is 18.4 Å². The van der Waals surface area contributed by atoms with E-state index in [1.165, 1.54) is 0 Å². The highest BCUT2D eigenvalue weighted by molar-refractivity contribution is 14.0. The van der Waals surface area contributed by atoms with Crippen LogP contribution in [0, 0.1) is 0 Å². The van der Waals surface area contributed by atoms with Gasteiger partial charge in [-0.25, -0.2) is 4.98 Å². The summed E-state index contributed by atoms with van der Waals surface area (Å²) < 4.78 is 5.23. The lowest BCUT2D eigenvalue weighted by molar-refractivity contribution is 0.368. The van der Waals surface area contributed by atoms with Crippen molar-refractivity contribution in [3.63, 3.8) is 0 Å². The molecule has 0 unspecified atom stereocenters. The van der Waals surface area contributed by atoms with E-state index < -0.39 is 0 Å². The Morgan fingerprint density at radius 1 is 1.35 bits per heavy atom. The van der Waals surface area contributed by atoms with Gasteiger partial charge in [0.1, 0.15) is 0 Å². The molecule has 0 saturated carbocycles. The predicted molar refractivity (Wildman–Crippen MR) is 115 cm³/mol. The zero-order chi connectivity index (χ0) is 17.6. The maximum atomic E-state index is 6.13. The van der Waals surface area contributed by atoms with Crippen LogP contribution in [0.25, 0.3) is 0 Å². The van der Waals surface area contributed by atoms with Crippen molar-refractivity contribution in [3.8, 4) is 0 Å². The van der Waals surface area contributed by atoms with Gasteiger partial charge in [0.2, 0.25) is 5.89 Å². The molecular weight excluding hydrogens is 465 g/mol. The summed E-state index contributed by atoms with van der Waals surface area (Å²) in [6.45, 7) is 8.35. The second-order valence-corrected chi connectivity index (χ2v) is 7.21. The van der Waals surface area contributed by atoms with E-state index in [-0.39, 0.29) is 29.9 Å². The third kappa shape index (κ3) is 5.53. The molecule has 1 aliphatic rings. The summed E-state index contributed by atoms with van der Waals surface area (Å²) in [5.41, 5.74) is 6.13. The van der Waals surface area contributed by atoms with Crippen LogP contribution in [0.2, 0.25) is 0 Å². The molecule has 2 aromatic rings. The molecule has 8 nitrogen and oxygen atoms in total. The average Bonchev–Trinajstić information content (AvgIpc) is 3.30. The average molecular weight is 491 g/mol. The van der Waals surface area contributed by atoms with Gasteiger partial charge in [0.05, 0.1) is 0 Å². The Bertz CT molecular complexity index is 681. The Kier molecular flexibility index (Phi) is 8.07. The van der Waals surface area contributed by atoms with Gasteiger partial charge in [-0.1, -0.05) is 19.0 Å². The van der Waals surface area contributed by atoms with Crippen molar-refractivity contribution in [3.05, 3.63) is 23.3 Å². The van der Waals surface area contributed by atoms with Crippen molar-refractivity contribution in [1.29, 1.82) is 0 Å².